The molecule has 72 valence electrons. The molecule has 4 N–H and O–H groups in total. The molecule has 1 aromatic rings. The van der Waals surface area contributed by atoms with E-state index in [0.717, 1.165) is 18.8 Å². The number of nitrogens with zero attached hydrogens (tertiary/aromatic N) is 1. The van der Waals surface area contributed by atoms with Crippen molar-refractivity contribution in [2.24, 2.45) is 0 Å². The molecule has 0 fully saturated rings. The van der Waals surface area contributed by atoms with Crippen LogP contribution in [0, 0.1) is 0 Å². The number of hydrogen-bond acceptors (Lipinski definition) is 3. The van der Waals surface area contributed by atoms with Gasteiger partial charge in [0.25, 0.3) is 0 Å². The Morgan fingerprint density at radius 3 is 2.31 bits per heavy atom. The molecule has 3 heteroatoms. The highest BCUT2D eigenvalue weighted by atomic mass is 15.1. The molecule has 3 nitrogen and oxygen atoms in total. The largest absolute Gasteiger partial charge is 0.397 e. The van der Waals surface area contributed by atoms with Crippen molar-refractivity contribution in [3.8, 4) is 0 Å². The molecule has 0 atom stereocenters. The van der Waals surface area contributed by atoms with Crippen molar-refractivity contribution in [3.63, 3.8) is 0 Å². The zero-order valence-corrected chi connectivity index (χ0v) is 8.25. The summed E-state index contributed by atoms with van der Waals surface area (Å²) in [6, 6.07) is 5.75. The van der Waals surface area contributed by atoms with E-state index in [2.05, 4.69) is 18.7 Å². The quantitative estimate of drug-likeness (QED) is 0.694. The molecule has 13 heavy (non-hydrogen) atoms. The minimum atomic E-state index is 0.657. The first-order chi connectivity index (χ1) is 6.20. The third-order valence-corrected chi connectivity index (χ3v) is 2.22. The van der Waals surface area contributed by atoms with Gasteiger partial charge in [-0.1, -0.05) is 6.07 Å². The molecule has 0 aliphatic heterocycles. The van der Waals surface area contributed by atoms with Crippen molar-refractivity contribution in [2.45, 2.75) is 13.8 Å². The third kappa shape index (κ3) is 1.86. The normalized spacial score (nSPS) is 10.0. The fourth-order valence-corrected chi connectivity index (χ4v) is 1.41. The summed E-state index contributed by atoms with van der Waals surface area (Å²) in [5.74, 6) is 0. The van der Waals surface area contributed by atoms with Crippen molar-refractivity contribution in [1.29, 1.82) is 0 Å². The van der Waals surface area contributed by atoms with Gasteiger partial charge in [-0.2, -0.15) is 0 Å². The van der Waals surface area contributed by atoms with E-state index in [0.29, 0.717) is 11.4 Å². The third-order valence-electron chi connectivity index (χ3n) is 2.22. The Bertz CT molecular complexity index is 279. The number of rotatable bonds is 3. The molecule has 0 unspecified atom stereocenters. The van der Waals surface area contributed by atoms with Gasteiger partial charge in [-0.15, -0.1) is 0 Å². The Labute approximate surface area is 79.3 Å². The monoisotopic (exact) mass is 179 g/mol. The van der Waals surface area contributed by atoms with Crippen LogP contribution in [0.4, 0.5) is 17.1 Å². The van der Waals surface area contributed by atoms with Crippen LogP contribution in [0.25, 0.3) is 0 Å². The first kappa shape index (κ1) is 9.71. The summed E-state index contributed by atoms with van der Waals surface area (Å²) in [6.07, 6.45) is 0. The van der Waals surface area contributed by atoms with Crippen molar-refractivity contribution in [1.82, 2.24) is 0 Å². The summed E-state index contributed by atoms with van der Waals surface area (Å²) >= 11 is 0. The van der Waals surface area contributed by atoms with E-state index >= 15 is 0 Å². The van der Waals surface area contributed by atoms with Crippen LogP contribution < -0.4 is 16.4 Å². The van der Waals surface area contributed by atoms with Gasteiger partial charge >= 0.3 is 0 Å². The van der Waals surface area contributed by atoms with Crippen LogP contribution >= 0.6 is 0 Å². The highest BCUT2D eigenvalue weighted by Crippen LogP contribution is 2.27. The van der Waals surface area contributed by atoms with E-state index in [1.165, 1.54) is 0 Å². The first-order valence-electron chi connectivity index (χ1n) is 4.59. The molecule has 1 rings (SSSR count). The zero-order chi connectivity index (χ0) is 9.84. The van der Waals surface area contributed by atoms with E-state index in [1.807, 2.05) is 18.2 Å². The molecule has 0 aliphatic carbocycles. The van der Waals surface area contributed by atoms with Crippen molar-refractivity contribution >= 4 is 17.1 Å². The molecule has 0 saturated heterocycles. The van der Waals surface area contributed by atoms with Crippen LogP contribution in [-0.4, -0.2) is 13.1 Å². The minimum absolute atomic E-state index is 0.657. The van der Waals surface area contributed by atoms with Crippen LogP contribution in [-0.2, 0) is 0 Å². The van der Waals surface area contributed by atoms with Crippen LogP contribution in [0.2, 0.25) is 0 Å². The standard InChI is InChI=1S/C10H17N3/c1-3-13(4-2)9-7-5-6-8(11)10(9)12/h5-7H,3-4,11-12H2,1-2H3. The van der Waals surface area contributed by atoms with E-state index in [1.54, 1.807) is 0 Å². The topological polar surface area (TPSA) is 55.3 Å². The number of benzene rings is 1. The second-order valence-corrected chi connectivity index (χ2v) is 2.95. The molecular formula is C10H17N3. The van der Waals surface area contributed by atoms with Gasteiger partial charge in [0, 0.05) is 13.1 Å². The Balaban J connectivity index is 3.05. The molecule has 0 radical (unpaired) electrons. The molecular weight excluding hydrogens is 162 g/mol. The summed E-state index contributed by atoms with van der Waals surface area (Å²) in [6.45, 7) is 6.10. The summed E-state index contributed by atoms with van der Waals surface area (Å²) in [5.41, 5.74) is 14.0. The van der Waals surface area contributed by atoms with Gasteiger partial charge in [-0.05, 0) is 26.0 Å². The lowest BCUT2D eigenvalue weighted by Gasteiger charge is -2.23. The van der Waals surface area contributed by atoms with Crippen molar-refractivity contribution in [3.05, 3.63) is 18.2 Å². The number of para-hydroxylation sites is 1. The molecule has 1 aromatic carbocycles. The molecule has 0 aliphatic rings. The average Bonchev–Trinajstić information content (AvgIpc) is 2.14. The maximum atomic E-state index is 5.87. The summed E-state index contributed by atoms with van der Waals surface area (Å²) in [7, 11) is 0. The summed E-state index contributed by atoms with van der Waals surface area (Å²) < 4.78 is 0. The van der Waals surface area contributed by atoms with Crippen molar-refractivity contribution in [2.75, 3.05) is 29.5 Å². The lowest BCUT2D eigenvalue weighted by atomic mass is 10.2. The number of nitrogens with two attached hydrogens (primary N) is 2. The zero-order valence-electron chi connectivity index (χ0n) is 8.25. The second-order valence-electron chi connectivity index (χ2n) is 2.95. The molecule has 0 heterocycles. The number of anilines is 3. The second kappa shape index (κ2) is 4.03. The summed E-state index contributed by atoms with van der Waals surface area (Å²) in [4.78, 5) is 2.19. The van der Waals surface area contributed by atoms with Gasteiger partial charge in [0.15, 0.2) is 0 Å². The number of nitrogen functional groups attached to an aromatic ring is 2. The van der Waals surface area contributed by atoms with E-state index < -0.39 is 0 Å². The van der Waals surface area contributed by atoms with Gasteiger partial charge in [0.05, 0.1) is 17.1 Å². The molecule has 0 bridgehead atoms. The minimum Gasteiger partial charge on any atom is -0.397 e. The predicted octanol–water partition coefficient (Wildman–Crippen LogP) is 1.70. The maximum Gasteiger partial charge on any atom is 0.0785 e. The Kier molecular flexibility index (Phi) is 3.01. The fourth-order valence-electron chi connectivity index (χ4n) is 1.41. The van der Waals surface area contributed by atoms with E-state index in [4.69, 9.17) is 11.5 Å². The highest BCUT2D eigenvalue weighted by molar-refractivity contribution is 5.79. The Morgan fingerprint density at radius 1 is 1.15 bits per heavy atom. The van der Waals surface area contributed by atoms with Crippen LogP contribution in [0.1, 0.15) is 13.8 Å². The van der Waals surface area contributed by atoms with Crippen LogP contribution in [0.5, 0.6) is 0 Å². The average molecular weight is 179 g/mol. The SMILES string of the molecule is CCN(CC)c1cccc(N)c1N. The molecule has 0 spiro atoms. The van der Waals surface area contributed by atoms with E-state index in [9.17, 15) is 0 Å². The lowest BCUT2D eigenvalue weighted by molar-refractivity contribution is 0.868. The molecule has 0 saturated carbocycles. The maximum absolute atomic E-state index is 5.87. The van der Waals surface area contributed by atoms with Gasteiger partial charge in [-0.3, -0.25) is 0 Å². The van der Waals surface area contributed by atoms with Crippen molar-refractivity contribution < 1.29 is 0 Å². The summed E-state index contributed by atoms with van der Waals surface area (Å²) in [5, 5.41) is 0. The predicted molar refractivity (Wildman–Crippen MR) is 58.8 cm³/mol. The first-order valence-corrected chi connectivity index (χ1v) is 4.59. The Hall–Kier alpha value is -1.38. The van der Waals surface area contributed by atoms with Gasteiger partial charge < -0.3 is 16.4 Å². The molecule has 0 aromatic heterocycles. The van der Waals surface area contributed by atoms with Gasteiger partial charge in [-0.25, -0.2) is 0 Å². The lowest BCUT2D eigenvalue weighted by Crippen LogP contribution is -2.23. The highest BCUT2D eigenvalue weighted by Gasteiger charge is 2.06. The van der Waals surface area contributed by atoms with Crippen LogP contribution in [0.15, 0.2) is 18.2 Å². The Morgan fingerprint density at radius 2 is 1.77 bits per heavy atom. The van der Waals surface area contributed by atoms with Gasteiger partial charge in [0.2, 0.25) is 0 Å². The van der Waals surface area contributed by atoms with Crippen LogP contribution in [0.3, 0.4) is 0 Å². The smallest absolute Gasteiger partial charge is 0.0785 e. The van der Waals surface area contributed by atoms with E-state index in [-0.39, 0.29) is 0 Å². The van der Waals surface area contributed by atoms with Gasteiger partial charge in [0.1, 0.15) is 0 Å². The number of hydrogen-bond donors (Lipinski definition) is 2. The molecule has 0 amide bonds. The fraction of sp³-hybridized carbons (Fsp3) is 0.400.